The van der Waals surface area contributed by atoms with E-state index in [4.69, 9.17) is 4.74 Å². The third-order valence-corrected chi connectivity index (χ3v) is 4.61. The molecule has 0 unspecified atom stereocenters. The summed E-state index contributed by atoms with van der Waals surface area (Å²) in [6.07, 6.45) is 3.23. The van der Waals surface area contributed by atoms with Crippen LogP contribution >= 0.6 is 0 Å². The molecule has 1 aromatic heterocycles. The first kappa shape index (κ1) is 20.2. The van der Waals surface area contributed by atoms with Crippen molar-refractivity contribution in [1.82, 2.24) is 4.98 Å². The number of benzene rings is 2. The number of carbonyl (C=O) groups excluding carboxylic acids is 1. The number of rotatable bonds is 8. The number of ether oxygens (including phenoxy) is 1. The van der Waals surface area contributed by atoms with Crippen LogP contribution < -0.4 is 20.3 Å². The highest BCUT2D eigenvalue weighted by atomic mass is 16.5. The van der Waals surface area contributed by atoms with E-state index >= 15 is 0 Å². The van der Waals surface area contributed by atoms with Gasteiger partial charge in [0.2, 0.25) is 0 Å². The lowest BCUT2D eigenvalue weighted by Gasteiger charge is -2.21. The van der Waals surface area contributed by atoms with Gasteiger partial charge in [0.05, 0.1) is 24.6 Å². The second kappa shape index (κ2) is 9.59. The number of pyridine rings is 1. The molecule has 0 spiro atoms. The molecule has 0 atom stereocenters. The summed E-state index contributed by atoms with van der Waals surface area (Å²) >= 11 is 0. The zero-order chi connectivity index (χ0) is 20.6. The van der Waals surface area contributed by atoms with E-state index in [0.717, 1.165) is 41.6 Å². The molecule has 0 saturated heterocycles. The molecule has 150 valence electrons. The molecule has 0 saturated carbocycles. The molecular weight excluding hydrogens is 364 g/mol. The Hall–Kier alpha value is -3.54. The van der Waals surface area contributed by atoms with Crippen molar-refractivity contribution in [3.05, 3.63) is 72.6 Å². The topological polar surface area (TPSA) is 66.5 Å². The number of amides is 1. The Morgan fingerprint density at radius 2 is 1.72 bits per heavy atom. The van der Waals surface area contributed by atoms with Crippen molar-refractivity contribution >= 4 is 28.7 Å². The molecule has 0 aliphatic rings. The molecule has 0 aliphatic heterocycles. The number of carbonyl (C=O) groups is 1. The summed E-state index contributed by atoms with van der Waals surface area (Å²) in [4.78, 5) is 19.1. The fourth-order valence-corrected chi connectivity index (χ4v) is 3.05. The number of nitrogens with one attached hydrogen (secondary N) is 2. The van der Waals surface area contributed by atoms with E-state index < -0.39 is 0 Å². The fraction of sp³-hybridized carbons (Fsp3) is 0.217. The lowest BCUT2D eigenvalue weighted by atomic mass is 10.2. The zero-order valence-electron chi connectivity index (χ0n) is 17.0. The summed E-state index contributed by atoms with van der Waals surface area (Å²) in [5, 5.41) is 6.17. The van der Waals surface area contributed by atoms with Gasteiger partial charge in [0.15, 0.2) is 0 Å². The Kier molecular flexibility index (Phi) is 6.68. The van der Waals surface area contributed by atoms with Gasteiger partial charge >= 0.3 is 0 Å². The van der Waals surface area contributed by atoms with Gasteiger partial charge in [-0.2, -0.15) is 0 Å². The van der Waals surface area contributed by atoms with Crippen LogP contribution in [-0.2, 0) is 0 Å². The standard InChI is InChI=1S/C23H26N4O2/c1-4-27(5-2)21-11-9-18(10-12-21)26-23(28)17-13-20(16-24-15-17)25-19-7-6-8-22(14-19)29-3/h6-16,25H,4-5H2,1-3H3,(H,26,28). The van der Waals surface area contributed by atoms with Gasteiger partial charge in [-0.1, -0.05) is 6.07 Å². The minimum atomic E-state index is -0.206. The van der Waals surface area contributed by atoms with Crippen molar-refractivity contribution < 1.29 is 9.53 Å². The quantitative estimate of drug-likeness (QED) is 0.571. The summed E-state index contributed by atoms with van der Waals surface area (Å²) in [7, 11) is 1.63. The molecule has 1 amide bonds. The normalized spacial score (nSPS) is 10.3. The van der Waals surface area contributed by atoms with E-state index in [1.54, 1.807) is 25.6 Å². The predicted molar refractivity (Wildman–Crippen MR) is 118 cm³/mol. The highest BCUT2D eigenvalue weighted by molar-refractivity contribution is 6.04. The molecule has 2 N–H and O–H groups in total. The Morgan fingerprint density at radius 1 is 0.966 bits per heavy atom. The van der Waals surface area contributed by atoms with Crippen LogP contribution in [0.25, 0.3) is 0 Å². The molecule has 0 fully saturated rings. The number of methoxy groups -OCH3 is 1. The summed E-state index contributed by atoms with van der Waals surface area (Å²) in [6.45, 7) is 6.14. The molecule has 6 heteroatoms. The number of nitrogens with zero attached hydrogens (tertiary/aromatic N) is 2. The van der Waals surface area contributed by atoms with E-state index in [1.165, 1.54) is 0 Å². The van der Waals surface area contributed by atoms with Crippen LogP contribution in [-0.4, -0.2) is 31.1 Å². The first-order valence-electron chi connectivity index (χ1n) is 9.65. The van der Waals surface area contributed by atoms with Gasteiger partial charge in [-0.3, -0.25) is 9.78 Å². The monoisotopic (exact) mass is 390 g/mol. The van der Waals surface area contributed by atoms with Gasteiger partial charge < -0.3 is 20.3 Å². The number of aromatic nitrogens is 1. The van der Waals surface area contributed by atoms with Crippen molar-refractivity contribution in [3.63, 3.8) is 0 Å². The van der Waals surface area contributed by atoms with Crippen molar-refractivity contribution in [2.75, 3.05) is 35.7 Å². The third kappa shape index (κ3) is 5.25. The third-order valence-electron chi connectivity index (χ3n) is 4.61. The van der Waals surface area contributed by atoms with Crippen LogP contribution in [0.15, 0.2) is 67.0 Å². The Morgan fingerprint density at radius 3 is 2.41 bits per heavy atom. The molecule has 29 heavy (non-hydrogen) atoms. The largest absolute Gasteiger partial charge is 0.497 e. The van der Waals surface area contributed by atoms with Crippen LogP contribution in [0, 0.1) is 0 Å². The maximum Gasteiger partial charge on any atom is 0.257 e. The molecule has 0 aliphatic carbocycles. The van der Waals surface area contributed by atoms with Gasteiger partial charge in [0.1, 0.15) is 5.75 Å². The number of hydrogen-bond acceptors (Lipinski definition) is 5. The lowest BCUT2D eigenvalue weighted by molar-refractivity contribution is 0.102. The molecule has 2 aromatic carbocycles. The summed E-state index contributed by atoms with van der Waals surface area (Å²) < 4.78 is 5.24. The molecule has 6 nitrogen and oxygen atoms in total. The van der Waals surface area contributed by atoms with E-state index in [9.17, 15) is 4.79 Å². The second-order valence-electron chi connectivity index (χ2n) is 6.49. The summed E-state index contributed by atoms with van der Waals surface area (Å²) in [5.41, 5.74) is 3.94. The molecule has 3 aromatic rings. The highest BCUT2D eigenvalue weighted by Crippen LogP contribution is 2.22. The van der Waals surface area contributed by atoms with Gasteiger partial charge in [0.25, 0.3) is 5.91 Å². The minimum absolute atomic E-state index is 0.206. The van der Waals surface area contributed by atoms with Crippen molar-refractivity contribution in [1.29, 1.82) is 0 Å². The Labute approximate surface area is 171 Å². The van der Waals surface area contributed by atoms with E-state index in [1.807, 2.05) is 48.5 Å². The SMILES string of the molecule is CCN(CC)c1ccc(NC(=O)c2cncc(Nc3cccc(OC)c3)c2)cc1. The maximum absolute atomic E-state index is 12.6. The molecule has 1 heterocycles. The van der Waals surface area contributed by atoms with Gasteiger partial charge in [-0.25, -0.2) is 0 Å². The molecular formula is C23H26N4O2. The van der Waals surface area contributed by atoms with Crippen LogP contribution in [0.4, 0.5) is 22.7 Å². The maximum atomic E-state index is 12.6. The number of anilines is 4. The van der Waals surface area contributed by atoms with Gasteiger partial charge in [-0.05, 0) is 56.3 Å². The summed E-state index contributed by atoms with van der Waals surface area (Å²) in [6, 6.07) is 17.2. The fourth-order valence-electron chi connectivity index (χ4n) is 3.05. The Bertz CT molecular complexity index is 953. The average Bonchev–Trinajstić information content (AvgIpc) is 2.76. The lowest BCUT2D eigenvalue weighted by Crippen LogP contribution is -2.21. The predicted octanol–water partition coefficient (Wildman–Crippen LogP) is 4.93. The second-order valence-corrected chi connectivity index (χ2v) is 6.49. The zero-order valence-corrected chi connectivity index (χ0v) is 17.0. The molecule has 0 bridgehead atoms. The van der Waals surface area contributed by atoms with Crippen molar-refractivity contribution in [2.24, 2.45) is 0 Å². The first-order chi connectivity index (χ1) is 14.1. The molecule has 0 radical (unpaired) electrons. The highest BCUT2D eigenvalue weighted by Gasteiger charge is 2.09. The minimum Gasteiger partial charge on any atom is -0.497 e. The average molecular weight is 390 g/mol. The van der Waals surface area contributed by atoms with E-state index in [0.29, 0.717) is 5.56 Å². The van der Waals surface area contributed by atoms with Gasteiger partial charge in [0, 0.05) is 42.4 Å². The van der Waals surface area contributed by atoms with Crippen molar-refractivity contribution in [3.8, 4) is 5.75 Å². The van der Waals surface area contributed by atoms with E-state index in [-0.39, 0.29) is 5.91 Å². The van der Waals surface area contributed by atoms with Crippen LogP contribution in [0.2, 0.25) is 0 Å². The molecule has 3 rings (SSSR count). The first-order valence-corrected chi connectivity index (χ1v) is 9.65. The Balaban J connectivity index is 1.69. The van der Waals surface area contributed by atoms with Crippen LogP contribution in [0.3, 0.4) is 0 Å². The van der Waals surface area contributed by atoms with E-state index in [2.05, 4.69) is 34.4 Å². The van der Waals surface area contributed by atoms with Gasteiger partial charge in [-0.15, -0.1) is 0 Å². The van der Waals surface area contributed by atoms with Crippen molar-refractivity contribution in [2.45, 2.75) is 13.8 Å². The van der Waals surface area contributed by atoms with Crippen LogP contribution in [0.1, 0.15) is 24.2 Å². The summed E-state index contributed by atoms with van der Waals surface area (Å²) in [5.74, 6) is 0.549. The smallest absolute Gasteiger partial charge is 0.257 e. The number of hydrogen-bond donors (Lipinski definition) is 2. The van der Waals surface area contributed by atoms with Crippen LogP contribution in [0.5, 0.6) is 5.75 Å².